The molecule has 100 valence electrons. The van der Waals surface area contributed by atoms with Crippen LogP contribution in [0.15, 0.2) is 22.6 Å². The summed E-state index contributed by atoms with van der Waals surface area (Å²) in [6.45, 7) is 3.87. The smallest absolute Gasteiger partial charge is 0.230 e. The number of anilines is 1. The van der Waals surface area contributed by atoms with Crippen molar-refractivity contribution in [2.24, 2.45) is 5.41 Å². The zero-order chi connectivity index (χ0) is 13.5. The molecule has 1 aliphatic rings. The van der Waals surface area contributed by atoms with Crippen LogP contribution in [-0.2, 0) is 4.79 Å². The van der Waals surface area contributed by atoms with Gasteiger partial charge in [0.25, 0.3) is 0 Å². The van der Waals surface area contributed by atoms with Gasteiger partial charge in [-0.1, -0.05) is 19.8 Å². The third-order valence-electron chi connectivity index (χ3n) is 4.01. The van der Waals surface area contributed by atoms with Crippen LogP contribution in [0.25, 0.3) is 11.1 Å². The van der Waals surface area contributed by atoms with Gasteiger partial charge in [-0.3, -0.25) is 4.79 Å². The van der Waals surface area contributed by atoms with Gasteiger partial charge in [-0.2, -0.15) is 0 Å². The fourth-order valence-electron chi connectivity index (χ4n) is 2.78. The molecule has 1 fully saturated rings. The van der Waals surface area contributed by atoms with E-state index < -0.39 is 0 Å². The Balaban J connectivity index is 1.82. The lowest BCUT2D eigenvalue weighted by atomic mass is 9.88. The van der Waals surface area contributed by atoms with Crippen LogP contribution in [0, 0.1) is 12.3 Å². The standard InChI is InChI=1S/C15H18N2O2/c1-10-16-12-9-11(5-6-13(12)19-10)17-14(18)15(2)7-3-4-8-15/h5-6,9H,3-4,7-8H2,1-2H3,(H,17,18). The number of nitrogens with one attached hydrogen (secondary N) is 1. The molecule has 0 unspecified atom stereocenters. The summed E-state index contributed by atoms with van der Waals surface area (Å²) in [4.78, 5) is 16.6. The van der Waals surface area contributed by atoms with Crippen molar-refractivity contribution >= 4 is 22.7 Å². The molecule has 2 aromatic rings. The largest absolute Gasteiger partial charge is 0.441 e. The number of hydrogen-bond donors (Lipinski definition) is 1. The van der Waals surface area contributed by atoms with Crippen LogP contribution >= 0.6 is 0 Å². The number of oxazole rings is 1. The molecule has 1 aliphatic carbocycles. The second-order valence-electron chi connectivity index (χ2n) is 5.64. The van der Waals surface area contributed by atoms with Crippen molar-refractivity contribution in [3.8, 4) is 0 Å². The van der Waals surface area contributed by atoms with Gasteiger partial charge >= 0.3 is 0 Å². The summed E-state index contributed by atoms with van der Waals surface area (Å²) in [5, 5.41) is 3.01. The summed E-state index contributed by atoms with van der Waals surface area (Å²) < 4.78 is 5.42. The van der Waals surface area contributed by atoms with E-state index in [1.807, 2.05) is 32.0 Å². The minimum absolute atomic E-state index is 0.115. The van der Waals surface area contributed by atoms with Gasteiger partial charge in [0.15, 0.2) is 11.5 Å². The first-order valence-corrected chi connectivity index (χ1v) is 6.75. The Morgan fingerprint density at radius 1 is 1.37 bits per heavy atom. The van der Waals surface area contributed by atoms with Crippen LogP contribution in [-0.4, -0.2) is 10.9 Å². The van der Waals surface area contributed by atoms with Crippen molar-refractivity contribution in [2.75, 3.05) is 5.32 Å². The monoisotopic (exact) mass is 258 g/mol. The molecule has 1 heterocycles. The quantitative estimate of drug-likeness (QED) is 0.894. The Morgan fingerprint density at radius 3 is 2.84 bits per heavy atom. The number of benzene rings is 1. The van der Waals surface area contributed by atoms with Crippen LogP contribution in [0.3, 0.4) is 0 Å². The zero-order valence-corrected chi connectivity index (χ0v) is 11.3. The predicted octanol–water partition coefficient (Wildman–Crippen LogP) is 3.66. The topological polar surface area (TPSA) is 55.1 Å². The normalized spacial score (nSPS) is 17.8. The number of aromatic nitrogens is 1. The molecule has 0 aliphatic heterocycles. The van der Waals surface area contributed by atoms with E-state index in [9.17, 15) is 4.79 Å². The van der Waals surface area contributed by atoms with Crippen molar-refractivity contribution < 1.29 is 9.21 Å². The van der Waals surface area contributed by atoms with Gasteiger partial charge in [-0.05, 0) is 31.0 Å². The molecule has 1 N–H and O–H groups in total. The first-order valence-electron chi connectivity index (χ1n) is 6.75. The Hall–Kier alpha value is -1.84. The van der Waals surface area contributed by atoms with E-state index in [1.165, 1.54) is 0 Å². The maximum absolute atomic E-state index is 12.3. The average Bonchev–Trinajstić information content (AvgIpc) is 2.95. The molecular formula is C15H18N2O2. The lowest BCUT2D eigenvalue weighted by Gasteiger charge is -2.22. The molecular weight excluding hydrogens is 240 g/mol. The summed E-state index contributed by atoms with van der Waals surface area (Å²) in [5.74, 6) is 0.755. The average molecular weight is 258 g/mol. The number of aryl methyl sites for hydroxylation is 1. The molecule has 0 radical (unpaired) electrons. The lowest BCUT2D eigenvalue weighted by Crippen LogP contribution is -2.30. The van der Waals surface area contributed by atoms with Crippen molar-refractivity contribution in [1.82, 2.24) is 4.98 Å². The first kappa shape index (κ1) is 12.2. The van der Waals surface area contributed by atoms with Crippen LogP contribution in [0.2, 0.25) is 0 Å². The van der Waals surface area contributed by atoms with E-state index >= 15 is 0 Å². The number of hydrogen-bond acceptors (Lipinski definition) is 3. The molecule has 1 aromatic carbocycles. The molecule has 3 rings (SSSR count). The summed E-state index contributed by atoms with van der Waals surface area (Å²) >= 11 is 0. The van der Waals surface area contributed by atoms with Crippen LogP contribution in [0.1, 0.15) is 38.5 Å². The molecule has 0 saturated heterocycles. The second-order valence-corrected chi connectivity index (χ2v) is 5.64. The van der Waals surface area contributed by atoms with Gasteiger partial charge in [0.05, 0.1) is 0 Å². The summed E-state index contributed by atoms with van der Waals surface area (Å²) in [5.41, 5.74) is 2.11. The lowest BCUT2D eigenvalue weighted by molar-refractivity contribution is -0.124. The maximum atomic E-state index is 12.3. The molecule has 1 saturated carbocycles. The highest BCUT2D eigenvalue weighted by molar-refractivity contribution is 5.96. The van der Waals surface area contributed by atoms with E-state index in [0.29, 0.717) is 5.89 Å². The Kier molecular flexibility index (Phi) is 2.81. The number of rotatable bonds is 2. The predicted molar refractivity (Wildman–Crippen MR) is 74.0 cm³/mol. The third kappa shape index (κ3) is 2.23. The third-order valence-corrected chi connectivity index (χ3v) is 4.01. The van der Waals surface area contributed by atoms with E-state index in [4.69, 9.17) is 4.42 Å². The Morgan fingerprint density at radius 2 is 2.11 bits per heavy atom. The Labute approximate surface area is 112 Å². The first-order chi connectivity index (χ1) is 9.07. The number of carbonyl (C=O) groups is 1. The van der Waals surface area contributed by atoms with Gasteiger partial charge in [-0.25, -0.2) is 4.98 Å². The van der Waals surface area contributed by atoms with Crippen LogP contribution < -0.4 is 5.32 Å². The number of nitrogens with zero attached hydrogens (tertiary/aromatic N) is 1. The van der Waals surface area contributed by atoms with E-state index in [1.54, 1.807) is 0 Å². The van der Waals surface area contributed by atoms with Crippen molar-refractivity contribution in [2.45, 2.75) is 39.5 Å². The highest BCUT2D eigenvalue weighted by Gasteiger charge is 2.36. The second kappa shape index (κ2) is 4.37. The minimum atomic E-state index is -0.214. The molecule has 19 heavy (non-hydrogen) atoms. The molecule has 1 aromatic heterocycles. The van der Waals surface area contributed by atoms with Crippen molar-refractivity contribution in [3.63, 3.8) is 0 Å². The SMILES string of the molecule is Cc1nc2cc(NC(=O)C3(C)CCCC3)ccc2o1. The Bertz CT molecular complexity index is 624. The van der Waals surface area contributed by atoms with Gasteiger partial charge in [0.2, 0.25) is 5.91 Å². The molecule has 0 bridgehead atoms. The fourth-order valence-corrected chi connectivity index (χ4v) is 2.78. The molecule has 0 spiro atoms. The highest BCUT2D eigenvalue weighted by Crippen LogP contribution is 2.38. The van der Waals surface area contributed by atoms with Crippen molar-refractivity contribution in [1.29, 1.82) is 0 Å². The van der Waals surface area contributed by atoms with Crippen LogP contribution in [0.4, 0.5) is 5.69 Å². The van der Waals surface area contributed by atoms with E-state index in [-0.39, 0.29) is 11.3 Å². The minimum Gasteiger partial charge on any atom is -0.441 e. The van der Waals surface area contributed by atoms with Gasteiger partial charge in [0.1, 0.15) is 5.52 Å². The fraction of sp³-hybridized carbons (Fsp3) is 0.467. The molecule has 4 heteroatoms. The number of amides is 1. The van der Waals surface area contributed by atoms with Gasteiger partial charge in [0, 0.05) is 18.0 Å². The van der Waals surface area contributed by atoms with Crippen LogP contribution in [0.5, 0.6) is 0 Å². The maximum Gasteiger partial charge on any atom is 0.230 e. The highest BCUT2D eigenvalue weighted by atomic mass is 16.3. The number of carbonyl (C=O) groups excluding carboxylic acids is 1. The molecule has 4 nitrogen and oxygen atoms in total. The summed E-state index contributed by atoms with van der Waals surface area (Å²) in [6, 6.07) is 5.58. The van der Waals surface area contributed by atoms with E-state index in [2.05, 4.69) is 10.3 Å². The van der Waals surface area contributed by atoms with Gasteiger partial charge < -0.3 is 9.73 Å². The molecule has 0 atom stereocenters. The zero-order valence-electron chi connectivity index (χ0n) is 11.3. The van der Waals surface area contributed by atoms with E-state index in [0.717, 1.165) is 42.5 Å². The summed E-state index contributed by atoms with van der Waals surface area (Å²) in [7, 11) is 0. The number of fused-ring (bicyclic) bond motifs is 1. The van der Waals surface area contributed by atoms with Gasteiger partial charge in [-0.15, -0.1) is 0 Å². The van der Waals surface area contributed by atoms with Crippen molar-refractivity contribution in [3.05, 3.63) is 24.1 Å². The molecule has 1 amide bonds. The summed E-state index contributed by atoms with van der Waals surface area (Å²) in [6.07, 6.45) is 4.24.